The molecule has 1 aromatic carbocycles. The van der Waals surface area contributed by atoms with Crippen LogP contribution in [0.4, 0.5) is 4.39 Å². The first-order valence-corrected chi connectivity index (χ1v) is 8.92. The zero-order valence-corrected chi connectivity index (χ0v) is 13.5. The number of rotatable bonds is 5. The van der Waals surface area contributed by atoms with E-state index in [9.17, 15) is 9.18 Å². The molecule has 0 radical (unpaired) electrons. The van der Waals surface area contributed by atoms with Crippen molar-refractivity contribution in [3.63, 3.8) is 0 Å². The topological polar surface area (TPSA) is 41.1 Å². The van der Waals surface area contributed by atoms with Gasteiger partial charge in [-0.15, -0.1) is 0 Å². The van der Waals surface area contributed by atoms with Gasteiger partial charge in [0.1, 0.15) is 5.82 Å². The van der Waals surface area contributed by atoms with Crippen molar-refractivity contribution < 1.29 is 9.18 Å². The molecule has 1 amide bonds. The van der Waals surface area contributed by atoms with E-state index in [0.717, 1.165) is 31.2 Å². The van der Waals surface area contributed by atoms with Gasteiger partial charge in [0.15, 0.2) is 0 Å². The number of carbonyl (C=O) groups excluding carboxylic acids is 1. The fourth-order valence-corrected chi connectivity index (χ4v) is 4.48. The Hall–Kier alpha value is -1.42. The van der Waals surface area contributed by atoms with Crippen molar-refractivity contribution in [2.24, 2.45) is 5.92 Å². The normalized spacial score (nSPS) is 30.9. The quantitative estimate of drug-likeness (QED) is 0.877. The Kier molecular flexibility index (Phi) is 3.88. The van der Waals surface area contributed by atoms with Gasteiger partial charge in [-0.3, -0.25) is 4.79 Å². The molecule has 2 bridgehead atoms. The zero-order chi connectivity index (χ0) is 15.9. The maximum atomic E-state index is 13.4. The molecule has 124 valence electrons. The van der Waals surface area contributed by atoms with Gasteiger partial charge in [-0.1, -0.05) is 12.1 Å². The van der Waals surface area contributed by atoms with Gasteiger partial charge in [-0.05, 0) is 62.1 Å². The Morgan fingerprint density at radius 1 is 1.26 bits per heavy atom. The number of carbonyl (C=O) groups is 1. The molecule has 23 heavy (non-hydrogen) atoms. The smallest absolute Gasteiger partial charge is 0.220 e. The second-order valence-corrected chi connectivity index (χ2v) is 7.75. The number of piperidine rings is 1. The first-order valence-electron chi connectivity index (χ1n) is 8.92. The summed E-state index contributed by atoms with van der Waals surface area (Å²) in [6, 6.07) is 8.10. The fraction of sp³-hybridized carbons (Fsp3) is 0.632. The zero-order valence-electron chi connectivity index (χ0n) is 13.5. The van der Waals surface area contributed by atoms with Crippen molar-refractivity contribution in [1.82, 2.24) is 10.6 Å². The Balaban J connectivity index is 1.30. The van der Waals surface area contributed by atoms with E-state index in [2.05, 4.69) is 10.6 Å². The molecule has 2 atom stereocenters. The molecule has 2 N–H and O–H groups in total. The predicted molar refractivity (Wildman–Crippen MR) is 87.6 cm³/mol. The van der Waals surface area contributed by atoms with Gasteiger partial charge in [0.05, 0.1) is 0 Å². The van der Waals surface area contributed by atoms with Crippen LogP contribution in [0.25, 0.3) is 0 Å². The Labute approximate surface area is 137 Å². The minimum Gasteiger partial charge on any atom is -0.355 e. The Morgan fingerprint density at radius 2 is 2.00 bits per heavy atom. The van der Waals surface area contributed by atoms with Crippen molar-refractivity contribution in [3.8, 4) is 0 Å². The number of benzene rings is 1. The summed E-state index contributed by atoms with van der Waals surface area (Å²) in [5, 5.41) is 6.74. The highest BCUT2D eigenvalue weighted by Crippen LogP contribution is 2.47. The van der Waals surface area contributed by atoms with Gasteiger partial charge in [-0.2, -0.15) is 0 Å². The first kappa shape index (κ1) is 15.1. The third-order valence-electron chi connectivity index (χ3n) is 5.96. The molecule has 1 saturated carbocycles. The average Bonchev–Trinajstić information content (AvgIpc) is 3.25. The Morgan fingerprint density at radius 3 is 2.65 bits per heavy atom. The van der Waals surface area contributed by atoms with Crippen LogP contribution in [-0.2, 0) is 10.2 Å². The van der Waals surface area contributed by atoms with E-state index in [-0.39, 0.29) is 17.1 Å². The fourth-order valence-electron chi connectivity index (χ4n) is 4.48. The number of halogens is 1. The lowest BCUT2D eigenvalue weighted by Gasteiger charge is -2.28. The van der Waals surface area contributed by atoms with Crippen LogP contribution in [0, 0.1) is 11.7 Å². The molecule has 4 heteroatoms. The first-order chi connectivity index (χ1) is 11.1. The van der Waals surface area contributed by atoms with Gasteiger partial charge >= 0.3 is 0 Å². The lowest BCUT2D eigenvalue weighted by Crippen LogP contribution is -2.40. The number of amides is 1. The van der Waals surface area contributed by atoms with Crippen molar-refractivity contribution in [2.75, 3.05) is 6.54 Å². The molecule has 2 unspecified atom stereocenters. The molecule has 3 fully saturated rings. The highest BCUT2D eigenvalue weighted by atomic mass is 19.1. The molecule has 0 spiro atoms. The number of nitrogens with one attached hydrogen (secondary N) is 2. The summed E-state index contributed by atoms with van der Waals surface area (Å²) in [6.45, 7) is 0.646. The van der Waals surface area contributed by atoms with E-state index in [4.69, 9.17) is 0 Å². The van der Waals surface area contributed by atoms with E-state index in [1.54, 1.807) is 12.1 Å². The molecule has 1 aliphatic carbocycles. The molecule has 3 nitrogen and oxygen atoms in total. The molecule has 2 heterocycles. The molecule has 1 aromatic rings. The molecule has 4 rings (SSSR count). The van der Waals surface area contributed by atoms with Crippen molar-refractivity contribution in [1.29, 1.82) is 0 Å². The van der Waals surface area contributed by atoms with Crippen LogP contribution < -0.4 is 10.6 Å². The SMILES string of the molecule is O=C(CC1CC2CCC(C1)N2)NCC1(c2cccc(F)c2)CC1. The number of fused-ring (bicyclic) bond motifs is 2. The van der Waals surface area contributed by atoms with Crippen LogP contribution >= 0.6 is 0 Å². The molecular weight excluding hydrogens is 291 g/mol. The molecule has 0 aromatic heterocycles. The van der Waals surface area contributed by atoms with Gasteiger partial charge in [-0.25, -0.2) is 4.39 Å². The van der Waals surface area contributed by atoms with Crippen LogP contribution in [0.3, 0.4) is 0 Å². The third kappa shape index (κ3) is 3.27. The van der Waals surface area contributed by atoms with Crippen LogP contribution in [0.15, 0.2) is 24.3 Å². The molecule has 2 aliphatic heterocycles. The molecule has 3 aliphatic rings. The minimum absolute atomic E-state index is 0.0229. The predicted octanol–water partition coefficient (Wildman–Crippen LogP) is 2.89. The summed E-state index contributed by atoms with van der Waals surface area (Å²) >= 11 is 0. The minimum atomic E-state index is -0.190. The molecule has 2 saturated heterocycles. The average molecular weight is 316 g/mol. The van der Waals surface area contributed by atoms with Crippen LogP contribution in [0.5, 0.6) is 0 Å². The third-order valence-corrected chi connectivity index (χ3v) is 5.96. The summed E-state index contributed by atoms with van der Waals surface area (Å²) in [4.78, 5) is 12.3. The largest absolute Gasteiger partial charge is 0.355 e. The van der Waals surface area contributed by atoms with Crippen molar-refractivity contribution >= 4 is 5.91 Å². The lowest BCUT2D eigenvalue weighted by atomic mass is 9.89. The van der Waals surface area contributed by atoms with Crippen LogP contribution in [-0.4, -0.2) is 24.5 Å². The monoisotopic (exact) mass is 316 g/mol. The lowest BCUT2D eigenvalue weighted by molar-refractivity contribution is -0.122. The van der Waals surface area contributed by atoms with Crippen molar-refractivity contribution in [3.05, 3.63) is 35.6 Å². The number of hydrogen-bond acceptors (Lipinski definition) is 2. The number of hydrogen-bond donors (Lipinski definition) is 2. The van der Waals surface area contributed by atoms with Crippen LogP contribution in [0.2, 0.25) is 0 Å². The summed E-state index contributed by atoms with van der Waals surface area (Å²) in [5.74, 6) is 0.502. The Bertz CT molecular complexity index is 587. The second kappa shape index (κ2) is 5.90. The van der Waals surface area contributed by atoms with E-state index < -0.39 is 0 Å². The summed E-state index contributed by atoms with van der Waals surface area (Å²) in [7, 11) is 0. The van der Waals surface area contributed by atoms with E-state index in [0.29, 0.717) is 31.0 Å². The maximum absolute atomic E-state index is 13.4. The highest BCUT2D eigenvalue weighted by molar-refractivity contribution is 5.76. The summed E-state index contributed by atoms with van der Waals surface area (Å²) < 4.78 is 13.4. The summed E-state index contributed by atoms with van der Waals surface area (Å²) in [6.07, 6.45) is 7.53. The van der Waals surface area contributed by atoms with Gasteiger partial charge in [0.2, 0.25) is 5.91 Å². The van der Waals surface area contributed by atoms with Crippen molar-refractivity contribution in [2.45, 2.75) is 62.4 Å². The highest BCUT2D eigenvalue weighted by Gasteiger charge is 2.44. The summed E-state index contributed by atoms with van der Waals surface area (Å²) in [5.41, 5.74) is 1.00. The van der Waals surface area contributed by atoms with E-state index in [1.807, 2.05) is 6.07 Å². The van der Waals surface area contributed by atoms with Crippen LogP contribution in [0.1, 0.15) is 50.5 Å². The van der Waals surface area contributed by atoms with Gasteiger partial charge < -0.3 is 10.6 Å². The second-order valence-electron chi connectivity index (χ2n) is 7.75. The standard InChI is InChI=1S/C19H25FN2O/c20-15-3-1-2-14(11-15)19(6-7-19)12-21-18(23)10-13-8-16-4-5-17(9-13)22-16/h1-3,11,13,16-17,22H,4-10,12H2,(H,21,23). The molecular formula is C19H25FN2O. The van der Waals surface area contributed by atoms with E-state index in [1.165, 1.54) is 18.9 Å². The maximum Gasteiger partial charge on any atom is 0.220 e. The van der Waals surface area contributed by atoms with Gasteiger partial charge in [0, 0.05) is 30.5 Å². The van der Waals surface area contributed by atoms with Gasteiger partial charge in [0.25, 0.3) is 0 Å². The van der Waals surface area contributed by atoms with E-state index >= 15 is 0 Å².